The molecule has 1 aliphatic heterocycles. The Hall–Kier alpha value is -1.22. The van der Waals surface area contributed by atoms with Gasteiger partial charge < -0.3 is 24.8 Å². The molecule has 1 fully saturated rings. The van der Waals surface area contributed by atoms with Crippen molar-refractivity contribution < 1.29 is 14.2 Å². The van der Waals surface area contributed by atoms with Crippen LogP contribution in [0.4, 0.5) is 5.69 Å². The van der Waals surface area contributed by atoms with Crippen molar-refractivity contribution in [3.63, 3.8) is 0 Å². The van der Waals surface area contributed by atoms with E-state index in [1.54, 1.807) is 7.05 Å². The summed E-state index contributed by atoms with van der Waals surface area (Å²) in [6, 6.07) is 5.83. The van der Waals surface area contributed by atoms with E-state index in [0.29, 0.717) is 19.8 Å². The lowest BCUT2D eigenvalue weighted by atomic mass is 10.3. The Morgan fingerprint density at radius 3 is 2.79 bits per heavy atom. The number of halogens is 1. The van der Waals surface area contributed by atoms with E-state index in [0.717, 1.165) is 48.6 Å². The van der Waals surface area contributed by atoms with Crippen molar-refractivity contribution in [3.05, 3.63) is 18.2 Å². The van der Waals surface area contributed by atoms with Crippen molar-refractivity contribution in [3.8, 4) is 11.5 Å². The highest BCUT2D eigenvalue weighted by molar-refractivity contribution is 14.0. The molecule has 1 aromatic rings. The Morgan fingerprint density at radius 2 is 2.04 bits per heavy atom. The van der Waals surface area contributed by atoms with Gasteiger partial charge in [-0.05, 0) is 30.9 Å². The highest BCUT2D eigenvalue weighted by Crippen LogP contribution is 2.32. The van der Waals surface area contributed by atoms with Crippen molar-refractivity contribution in [2.45, 2.75) is 19.3 Å². The molecule has 0 radical (unpaired) electrons. The predicted octanol–water partition coefficient (Wildman–Crippen LogP) is 2.88. The molecule has 0 unspecified atom stereocenters. The van der Waals surface area contributed by atoms with Gasteiger partial charge in [0.2, 0.25) is 0 Å². The molecule has 24 heavy (non-hydrogen) atoms. The van der Waals surface area contributed by atoms with E-state index < -0.39 is 0 Å². The summed E-state index contributed by atoms with van der Waals surface area (Å²) in [4.78, 5) is 4.23. The molecule has 134 valence electrons. The van der Waals surface area contributed by atoms with Gasteiger partial charge in [0, 0.05) is 38.4 Å². The average molecular weight is 447 g/mol. The highest BCUT2D eigenvalue weighted by Gasteiger charge is 2.20. The van der Waals surface area contributed by atoms with Gasteiger partial charge in [0.05, 0.1) is 19.8 Å². The molecule has 0 bridgehead atoms. The molecular formula is C17H26IN3O3. The minimum Gasteiger partial charge on any atom is -0.490 e. The third-order valence-electron chi connectivity index (χ3n) is 3.82. The van der Waals surface area contributed by atoms with Gasteiger partial charge in [0.15, 0.2) is 17.5 Å². The van der Waals surface area contributed by atoms with E-state index in [4.69, 9.17) is 14.2 Å². The van der Waals surface area contributed by atoms with Gasteiger partial charge in [-0.2, -0.15) is 0 Å². The van der Waals surface area contributed by atoms with Crippen molar-refractivity contribution in [2.75, 3.05) is 45.3 Å². The van der Waals surface area contributed by atoms with Crippen LogP contribution in [0, 0.1) is 5.92 Å². The number of hydrogen-bond acceptors (Lipinski definition) is 4. The van der Waals surface area contributed by atoms with Crippen LogP contribution in [0.5, 0.6) is 11.5 Å². The normalized spacial score (nSPS) is 16.8. The molecule has 2 N–H and O–H groups in total. The fourth-order valence-corrected chi connectivity index (χ4v) is 2.33. The number of rotatable bonds is 6. The molecule has 0 spiro atoms. The van der Waals surface area contributed by atoms with Crippen LogP contribution in [0.1, 0.15) is 19.3 Å². The lowest BCUT2D eigenvalue weighted by molar-refractivity contribution is 0.129. The Balaban J connectivity index is 0.00000208. The van der Waals surface area contributed by atoms with E-state index in [9.17, 15) is 0 Å². The van der Waals surface area contributed by atoms with Crippen LogP contribution in [0.25, 0.3) is 0 Å². The number of nitrogens with zero attached hydrogens (tertiary/aromatic N) is 1. The van der Waals surface area contributed by atoms with Gasteiger partial charge in [-0.1, -0.05) is 0 Å². The highest BCUT2D eigenvalue weighted by atomic mass is 127. The van der Waals surface area contributed by atoms with Gasteiger partial charge in [-0.25, -0.2) is 0 Å². The molecule has 2 aliphatic rings. The SMILES string of the molecule is CN=C(NCCOCC1CC1)Nc1ccc2c(c1)OCCCO2.I. The molecule has 3 rings (SSSR count). The molecule has 0 saturated heterocycles. The Kier molecular flexibility index (Phi) is 7.90. The monoisotopic (exact) mass is 447 g/mol. The number of nitrogens with one attached hydrogen (secondary N) is 2. The Bertz CT molecular complexity index is 550. The minimum atomic E-state index is 0. The van der Waals surface area contributed by atoms with E-state index >= 15 is 0 Å². The maximum Gasteiger partial charge on any atom is 0.195 e. The molecule has 6 nitrogen and oxygen atoms in total. The summed E-state index contributed by atoms with van der Waals surface area (Å²) >= 11 is 0. The molecule has 0 atom stereocenters. The van der Waals surface area contributed by atoms with E-state index in [2.05, 4.69) is 15.6 Å². The van der Waals surface area contributed by atoms with E-state index in [-0.39, 0.29) is 24.0 Å². The number of aliphatic imine (C=N–C) groups is 1. The van der Waals surface area contributed by atoms with Gasteiger partial charge in [-0.15, -0.1) is 24.0 Å². The summed E-state index contributed by atoms with van der Waals surface area (Å²) in [7, 11) is 1.75. The third kappa shape index (κ3) is 6.01. The quantitative estimate of drug-likeness (QED) is 0.304. The van der Waals surface area contributed by atoms with Gasteiger partial charge in [0.1, 0.15) is 0 Å². The van der Waals surface area contributed by atoms with Crippen molar-refractivity contribution in [1.29, 1.82) is 0 Å². The number of guanidine groups is 1. The second kappa shape index (κ2) is 9.93. The molecule has 7 heteroatoms. The Labute approximate surface area is 160 Å². The zero-order valence-corrected chi connectivity index (χ0v) is 16.4. The van der Waals surface area contributed by atoms with Crippen molar-refractivity contribution in [1.82, 2.24) is 5.32 Å². The first kappa shape index (κ1) is 19.1. The van der Waals surface area contributed by atoms with Crippen molar-refractivity contribution in [2.24, 2.45) is 10.9 Å². The molecule has 0 amide bonds. The molecule has 0 aromatic heterocycles. The zero-order valence-electron chi connectivity index (χ0n) is 14.0. The summed E-state index contributed by atoms with van der Waals surface area (Å²) in [6.07, 6.45) is 3.54. The lowest BCUT2D eigenvalue weighted by Gasteiger charge is -2.14. The number of hydrogen-bond donors (Lipinski definition) is 2. The number of benzene rings is 1. The predicted molar refractivity (Wildman–Crippen MR) is 106 cm³/mol. The maximum atomic E-state index is 5.70. The topological polar surface area (TPSA) is 64.1 Å². The van der Waals surface area contributed by atoms with Crippen LogP contribution < -0.4 is 20.1 Å². The van der Waals surface area contributed by atoms with Crippen LogP contribution in [0.3, 0.4) is 0 Å². The van der Waals surface area contributed by atoms with Crippen LogP contribution in [-0.2, 0) is 4.74 Å². The molecule has 1 heterocycles. The van der Waals surface area contributed by atoms with Crippen LogP contribution >= 0.6 is 24.0 Å². The fraction of sp³-hybridized carbons (Fsp3) is 0.588. The summed E-state index contributed by atoms with van der Waals surface area (Å²) in [5.41, 5.74) is 0.918. The summed E-state index contributed by atoms with van der Waals surface area (Å²) in [5, 5.41) is 6.51. The molecule has 1 aromatic carbocycles. The summed E-state index contributed by atoms with van der Waals surface area (Å²) in [5.74, 6) is 3.09. The molecular weight excluding hydrogens is 421 g/mol. The van der Waals surface area contributed by atoms with Crippen LogP contribution in [0.2, 0.25) is 0 Å². The minimum absolute atomic E-state index is 0. The first-order chi connectivity index (χ1) is 11.3. The summed E-state index contributed by atoms with van der Waals surface area (Å²) in [6.45, 7) is 3.69. The molecule has 1 saturated carbocycles. The maximum absolute atomic E-state index is 5.70. The number of anilines is 1. The zero-order chi connectivity index (χ0) is 15.9. The Morgan fingerprint density at radius 1 is 1.25 bits per heavy atom. The summed E-state index contributed by atoms with van der Waals surface area (Å²) < 4.78 is 16.9. The second-order valence-electron chi connectivity index (χ2n) is 5.85. The van der Waals surface area contributed by atoms with Crippen LogP contribution in [0.15, 0.2) is 23.2 Å². The largest absolute Gasteiger partial charge is 0.490 e. The van der Waals surface area contributed by atoms with E-state index in [1.807, 2.05) is 18.2 Å². The lowest BCUT2D eigenvalue weighted by Crippen LogP contribution is -2.33. The number of ether oxygens (including phenoxy) is 3. The number of fused-ring (bicyclic) bond motifs is 1. The standard InChI is InChI=1S/C17H25N3O3.HI/c1-18-17(19-7-10-21-12-13-3-4-13)20-14-5-6-15-16(11-14)23-9-2-8-22-15;/h5-6,11,13H,2-4,7-10,12H2,1H3,(H2,18,19,20);1H. The van der Waals surface area contributed by atoms with Gasteiger partial charge >= 0.3 is 0 Å². The van der Waals surface area contributed by atoms with Gasteiger partial charge in [-0.3, -0.25) is 4.99 Å². The first-order valence-corrected chi connectivity index (χ1v) is 8.30. The fourth-order valence-electron chi connectivity index (χ4n) is 2.33. The van der Waals surface area contributed by atoms with Crippen LogP contribution in [-0.4, -0.2) is 46.0 Å². The third-order valence-corrected chi connectivity index (χ3v) is 3.82. The van der Waals surface area contributed by atoms with Crippen molar-refractivity contribution >= 4 is 35.6 Å². The van der Waals surface area contributed by atoms with Gasteiger partial charge in [0.25, 0.3) is 0 Å². The second-order valence-corrected chi connectivity index (χ2v) is 5.85. The smallest absolute Gasteiger partial charge is 0.195 e. The average Bonchev–Trinajstić information content (AvgIpc) is 3.40. The first-order valence-electron chi connectivity index (χ1n) is 8.30. The molecule has 1 aliphatic carbocycles. The van der Waals surface area contributed by atoms with E-state index in [1.165, 1.54) is 12.8 Å².